The lowest BCUT2D eigenvalue weighted by Gasteiger charge is -2.16. The molecule has 0 heterocycles. The van der Waals surface area contributed by atoms with Crippen LogP contribution in [0.1, 0.15) is 50.5 Å². The van der Waals surface area contributed by atoms with E-state index < -0.39 is 0 Å². The minimum atomic E-state index is -0.303. The molecule has 120 valence electrons. The van der Waals surface area contributed by atoms with Crippen LogP contribution >= 0.6 is 0 Å². The Morgan fingerprint density at radius 1 is 1.05 bits per heavy atom. The number of benzene rings is 1. The summed E-state index contributed by atoms with van der Waals surface area (Å²) in [6.07, 6.45) is 4.23. The number of hydrogen-bond donors (Lipinski definition) is 2. The minimum Gasteiger partial charge on any atom is -0.507 e. The summed E-state index contributed by atoms with van der Waals surface area (Å²) in [5.41, 5.74) is 2.79. The summed E-state index contributed by atoms with van der Waals surface area (Å²) < 4.78 is 5.69. The molecule has 0 saturated carbocycles. The Morgan fingerprint density at radius 3 is 2.14 bits per heavy atom. The van der Waals surface area contributed by atoms with E-state index in [1.165, 1.54) is 13.0 Å². The number of phenols is 2. The number of aromatic hydroxyl groups is 2. The highest BCUT2D eigenvalue weighted by Crippen LogP contribution is 2.39. The Bertz CT molecular complexity index is 616. The van der Waals surface area contributed by atoms with Crippen LogP contribution in [0.2, 0.25) is 0 Å². The van der Waals surface area contributed by atoms with Gasteiger partial charge < -0.3 is 14.9 Å². The molecule has 0 fully saturated rings. The van der Waals surface area contributed by atoms with Crippen LogP contribution in [0.3, 0.4) is 0 Å². The number of carbonyl (C=O) groups excluding carboxylic acids is 1. The fraction of sp³-hybridized carbons (Fsp3) is 0.389. The minimum absolute atomic E-state index is 0.0767. The zero-order chi connectivity index (χ0) is 16.9. The number of phenolic OH excluding ortho intramolecular Hbond substituents is 2. The molecule has 0 aromatic heterocycles. The molecular weight excluding hydrogens is 280 g/mol. The van der Waals surface area contributed by atoms with Gasteiger partial charge in [0.25, 0.3) is 0 Å². The van der Waals surface area contributed by atoms with Crippen molar-refractivity contribution in [2.45, 2.75) is 41.0 Å². The molecule has 22 heavy (non-hydrogen) atoms. The number of Topliss-reactive ketones (excluding diaryl/α,β-unsaturated/α-hetero) is 1. The first-order chi connectivity index (χ1) is 10.2. The summed E-state index contributed by atoms with van der Waals surface area (Å²) in [7, 11) is 0. The van der Waals surface area contributed by atoms with Gasteiger partial charge in [-0.2, -0.15) is 0 Å². The van der Waals surface area contributed by atoms with Crippen LogP contribution in [0.5, 0.6) is 17.2 Å². The average molecular weight is 304 g/mol. The standard InChI is InChI=1S/C18H24O4/c1-11(2)6-7-14-15(20)10-16(21)17(13(5)19)18(14)22-9-8-12(3)4/h6,8,10,20-21H,7,9H2,1-5H3. The number of hydrogen-bond acceptors (Lipinski definition) is 4. The van der Waals surface area contributed by atoms with Crippen LogP contribution in [0.15, 0.2) is 29.4 Å². The molecule has 0 radical (unpaired) electrons. The van der Waals surface area contributed by atoms with Crippen molar-refractivity contribution in [3.63, 3.8) is 0 Å². The van der Waals surface area contributed by atoms with Crippen molar-refractivity contribution in [3.8, 4) is 17.2 Å². The van der Waals surface area contributed by atoms with Crippen molar-refractivity contribution in [1.29, 1.82) is 0 Å². The maximum atomic E-state index is 11.8. The maximum absolute atomic E-state index is 11.8. The molecule has 0 aliphatic heterocycles. The van der Waals surface area contributed by atoms with E-state index in [4.69, 9.17) is 4.74 Å². The van der Waals surface area contributed by atoms with Crippen LogP contribution in [-0.4, -0.2) is 22.6 Å². The van der Waals surface area contributed by atoms with Gasteiger partial charge in [0.2, 0.25) is 0 Å². The quantitative estimate of drug-likeness (QED) is 0.612. The van der Waals surface area contributed by atoms with E-state index in [0.29, 0.717) is 12.0 Å². The molecule has 0 bridgehead atoms. The van der Waals surface area contributed by atoms with E-state index in [2.05, 4.69) is 0 Å². The van der Waals surface area contributed by atoms with Gasteiger partial charge in [-0.1, -0.05) is 17.2 Å². The SMILES string of the molecule is CC(=O)c1c(O)cc(O)c(CC=C(C)C)c1OCC=C(C)C. The fourth-order valence-corrected chi connectivity index (χ4v) is 1.97. The summed E-state index contributed by atoms with van der Waals surface area (Å²) in [5, 5.41) is 20.1. The van der Waals surface area contributed by atoms with Crippen LogP contribution in [0, 0.1) is 0 Å². The first kappa shape index (κ1) is 17.8. The lowest BCUT2D eigenvalue weighted by Crippen LogP contribution is -2.06. The second kappa shape index (κ2) is 7.69. The first-order valence-electron chi connectivity index (χ1n) is 7.22. The van der Waals surface area contributed by atoms with Gasteiger partial charge in [0, 0.05) is 11.6 Å². The summed E-state index contributed by atoms with van der Waals surface area (Å²) in [5.74, 6) is -0.395. The van der Waals surface area contributed by atoms with E-state index in [9.17, 15) is 15.0 Å². The average Bonchev–Trinajstić information content (AvgIpc) is 2.36. The van der Waals surface area contributed by atoms with E-state index in [1.807, 2.05) is 39.8 Å². The monoisotopic (exact) mass is 304 g/mol. The summed E-state index contributed by atoms with van der Waals surface area (Å²) in [6, 6.07) is 1.19. The predicted molar refractivity (Wildman–Crippen MR) is 87.8 cm³/mol. The summed E-state index contributed by atoms with van der Waals surface area (Å²) >= 11 is 0. The molecule has 0 amide bonds. The number of allylic oxidation sites excluding steroid dienone is 3. The molecule has 0 saturated heterocycles. The molecule has 0 unspecified atom stereocenters. The largest absolute Gasteiger partial charge is 0.507 e. The van der Waals surface area contributed by atoms with Gasteiger partial charge in [-0.25, -0.2) is 0 Å². The van der Waals surface area contributed by atoms with Crippen molar-refractivity contribution >= 4 is 5.78 Å². The van der Waals surface area contributed by atoms with Crippen molar-refractivity contribution in [1.82, 2.24) is 0 Å². The zero-order valence-corrected chi connectivity index (χ0v) is 13.9. The highest BCUT2D eigenvalue weighted by Gasteiger charge is 2.21. The highest BCUT2D eigenvalue weighted by molar-refractivity contribution is 6.00. The van der Waals surface area contributed by atoms with Crippen LogP contribution < -0.4 is 4.74 Å². The molecular formula is C18H24O4. The molecule has 0 atom stereocenters. The molecule has 0 spiro atoms. The van der Waals surface area contributed by atoms with Gasteiger partial charge in [-0.3, -0.25) is 4.79 Å². The third-order valence-electron chi connectivity index (χ3n) is 3.13. The first-order valence-corrected chi connectivity index (χ1v) is 7.22. The van der Waals surface area contributed by atoms with E-state index in [1.54, 1.807) is 0 Å². The number of carbonyl (C=O) groups is 1. The lowest BCUT2D eigenvalue weighted by atomic mass is 10.00. The highest BCUT2D eigenvalue weighted by atomic mass is 16.5. The molecule has 1 aromatic rings. The Balaban J connectivity index is 3.38. The normalized spacial score (nSPS) is 10.0. The second-order valence-corrected chi connectivity index (χ2v) is 5.73. The Hall–Kier alpha value is -2.23. The molecule has 0 aliphatic rings. The Labute approximate surface area is 131 Å². The zero-order valence-electron chi connectivity index (χ0n) is 13.9. The van der Waals surface area contributed by atoms with Crippen molar-refractivity contribution in [2.75, 3.05) is 6.61 Å². The van der Waals surface area contributed by atoms with Crippen molar-refractivity contribution < 1.29 is 19.7 Å². The molecule has 2 N–H and O–H groups in total. The van der Waals surface area contributed by atoms with Crippen LogP contribution in [0.4, 0.5) is 0 Å². The van der Waals surface area contributed by atoms with E-state index >= 15 is 0 Å². The summed E-state index contributed by atoms with van der Waals surface area (Å²) in [4.78, 5) is 11.8. The van der Waals surface area contributed by atoms with Crippen molar-refractivity contribution in [3.05, 3.63) is 40.5 Å². The van der Waals surface area contributed by atoms with E-state index in [0.717, 1.165) is 11.1 Å². The smallest absolute Gasteiger partial charge is 0.167 e. The van der Waals surface area contributed by atoms with Gasteiger partial charge in [0.15, 0.2) is 5.78 Å². The van der Waals surface area contributed by atoms with Gasteiger partial charge in [-0.05, 0) is 47.1 Å². The molecule has 1 rings (SSSR count). The third kappa shape index (κ3) is 4.65. The second-order valence-electron chi connectivity index (χ2n) is 5.73. The molecule has 0 aliphatic carbocycles. The van der Waals surface area contributed by atoms with Gasteiger partial charge >= 0.3 is 0 Å². The molecule has 4 nitrogen and oxygen atoms in total. The summed E-state index contributed by atoms with van der Waals surface area (Å²) in [6.45, 7) is 9.43. The van der Waals surface area contributed by atoms with Crippen LogP contribution in [0.25, 0.3) is 0 Å². The van der Waals surface area contributed by atoms with Crippen molar-refractivity contribution in [2.24, 2.45) is 0 Å². The maximum Gasteiger partial charge on any atom is 0.167 e. The Morgan fingerprint density at radius 2 is 1.64 bits per heavy atom. The number of rotatable bonds is 6. The van der Waals surface area contributed by atoms with E-state index in [-0.39, 0.29) is 35.2 Å². The van der Waals surface area contributed by atoms with Gasteiger partial charge in [-0.15, -0.1) is 0 Å². The van der Waals surface area contributed by atoms with Gasteiger partial charge in [0.05, 0.1) is 0 Å². The lowest BCUT2D eigenvalue weighted by molar-refractivity contribution is 0.101. The Kier molecular flexibility index (Phi) is 6.23. The molecule has 1 aromatic carbocycles. The number of ether oxygens (including phenoxy) is 1. The number of ketones is 1. The predicted octanol–water partition coefficient (Wildman–Crippen LogP) is 4.15. The topological polar surface area (TPSA) is 66.8 Å². The van der Waals surface area contributed by atoms with Gasteiger partial charge in [0.1, 0.15) is 29.4 Å². The fourth-order valence-electron chi connectivity index (χ4n) is 1.97. The molecule has 4 heteroatoms. The van der Waals surface area contributed by atoms with Crippen LogP contribution in [-0.2, 0) is 6.42 Å². The third-order valence-corrected chi connectivity index (χ3v) is 3.13.